The van der Waals surface area contributed by atoms with Crippen LogP contribution in [0.3, 0.4) is 0 Å². The van der Waals surface area contributed by atoms with Gasteiger partial charge in [-0.05, 0) is 41.8 Å². The lowest BCUT2D eigenvalue weighted by Gasteiger charge is -2.12. The summed E-state index contributed by atoms with van der Waals surface area (Å²) >= 11 is 0. The number of halogens is 1. The van der Waals surface area contributed by atoms with E-state index in [2.05, 4.69) is 12.2 Å². The van der Waals surface area contributed by atoms with Crippen molar-refractivity contribution in [3.05, 3.63) is 59.4 Å². The van der Waals surface area contributed by atoms with E-state index < -0.39 is 0 Å². The predicted octanol–water partition coefficient (Wildman–Crippen LogP) is 3.91. The largest absolute Gasteiger partial charge is 0.493 e. The van der Waals surface area contributed by atoms with Crippen LogP contribution < -0.4 is 14.8 Å². The maximum Gasteiger partial charge on any atom is 0.161 e. The quantitative estimate of drug-likeness (QED) is 0.802. The van der Waals surface area contributed by atoms with E-state index in [1.165, 1.54) is 12.1 Å². The van der Waals surface area contributed by atoms with Crippen molar-refractivity contribution >= 4 is 0 Å². The maximum atomic E-state index is 12.8. The molecule has 0 aliphatic heterocycles. The van der Waals surface area contributed by atoms with Crippen LogP contribution >= 0.6 is 0 Å². The van der Waals surface area contributed by atoms with Gasteiger partial charge in [0.1, 0.15) is 5.82 Å². The zero-order chi connectivity index (χ0) is 15.8. The molecule has 3 nitrogen and oxygen atoms in total. The molecule has 2 aromatic carbocycles. The Kier molecular flexibility index (Phi) is 6.22. The van der Waals surface area contributed by atoms with Crippen molar-refractivity contribution in [2.45, 2.75) is 26.4 Å². The molecule has 2 rings (SSSR count). The molecule has 0 aliphatic carbocycles. The van der Waals surface area contributed by atoms with Gasteiger partial charge in [-0.25, -0.2) is 4.39 Å². The zero-order valence-corrected chi connectivity index (χ0v) is 13.1. The van der Waals surface area contributed by atoms with Gasteiger partial charge in [0.2, 0.25) is 0 Å². The third-order valence-corrected chi connectivity index (χ3v) is 3.26. The van der Waals surface area contributed by atoms with Crippen LogP contribution in [0.15, 0.2) is 42.5 Å². The summed E-state index contributed by atoms with van der Waals surface area (Å²) in [5.41, 5.74) is 2.17. The van der Waals surface area contributed by atoms with Gasteiger partial charge < -0.3 is 14.8 Å². The molecule has 0 saturated carbocycles. The van der Waals surface area contributed by atoms with Crippen molar-refractivity contribution in [1.29, 1.82) is 0 Å². The first kappa shape index (κ1) is 16.3. The lowest BCUT2D eigenvalue weighted by molar-refractivity contribution is 0.294. The molecular formula is C18H22FNO2. The minimum absolute atomic E-state index is 0.212. The van der Waals surface area contributed by atoms with Crippen molar-refractivity contribution in [2.24, 2.45) is 0 Å². The summed E-state index contributed by atoms with van der Waals surface area (Å²) in [5, 5.41) is 3.33. The molecule has 1 N–H and O–H groups in total. The van der Waals surface area contributed by atoms with Crippen LogP contribution in [0.25, 0.3) is 0 Å². The summed E-state index contributed by atoms with van der Waals surface area (Å²) in [6.45, 7) is 4.15. The molecule has 0 aliphatic rings. The highest BCUT2D eigenvalue weighted by molar-refractivity contribution is 5.43. The lowest BCUT2D eigenvalue weighted by Crippen LogP contribution is -2.12. The predicted molar refractivity (Wildman–Crippen MR) is 85.7 cm³/mol. The van der Waals surface area contributed by atoms with E-state index in [0.29, 0.717) is 19.7 Å². The number of ether oxygens (including phenoxy) is 2. The highest BCUT2D eigenvalue weighted by Gasteiger charge is 2.05. The molecule has 118 valence electrons. The Morgan fingerprint density at radius 2 is 1.64 bits per heavy atom. The van der Waals surface area contributed by atoms with Gasteiger partial charge in [0.25, 0.3) is 0 Å². The van der Waals surface area contributed by atoms with Crippen LogP contribution in [0.4, 0.5) is 4.39 Å². The van der Waals surface area contributed by atoms with Crippen LogP contribution in [0, 0.1) is 5.82 Å². The van der Waals surface area contributed by atoms with Gasteiger partial charge in [0, 0.05) is 13.1 Å². The van der Waals surface area contributed by atoms with Gasteiger partial charge in [0.05, 0.1) is 13.7 Å². The molecule has 2 aromatic rings. The maximum absolute atomic E-state index is 12.8. The van der Waals surface area contributed by atoms with Gasteiger partial charge >= 0.3 is 0 Å². The Bertz CT molecular complexity index is 584. The fourth-order valence-corrected chi connectivity index (χ4v) is 2.11. The van der Waals surface area contributed by atoms with Crippen molar-refractivity contribution in [3.63, 3.8) is 0 Å². The molecule has 0 radical (unpaired) electrons. The van der Waals surface area contributed by atoms with E-state index in [1.807, 2.05) is 18.2 Å². The van der Waals surface area contributed by atoms with Crippen LogP contribution in [-0.2, 0) is 13.1 Å². The monoisotopic (exact) mass is 303 g/mol. The van der Waals surface area contributed by atoms with Crippen LogP contribution in [0.2, 0.25) is 0 Å². The zero-order valence-electron chi connectivity index (χ0n) is 13.1. The summed E-state index contributed by atoms with van der Waals surface area (Å²) in [4.78, 5) is 0. The first-order valence-corrected chi connectivity index (χ1v) is 7.47. The van der Waals surface area contributed by atoms with Gasteiger partial charge in [-0.1, -0.05) is 25.1 Å². The topological polar surface area (TPSA) is 30.5 Å². The molecule has 4 heteroatoms. The van der Waals surface area contributed by atoms with Crippen LogP contribution in [-0.4, -0.2) is 13.7 Å². The molecule has 0 spiro atoms. The van der Waals surface area contributed by atoms with E-state index in [1.54, 1.807) is 19.2 Å². The molecular weight excluding hydrogens is 281 g/mol. The van der Waals surface area contributed by atoms with Crippen molar-refractivity contribution in [2.75, 3.05) is 13.7 Å². The van der Waals surface area contributed by atoms with Crippen molar-refractivity contribution in [3.8, 4) is 11.5 Å². The first-order chi connectivity index (χ1) is 10.7. The number of benzene rings is 2. The van der Waals surface area contributed by atoms with E-state index in [-0.39, 0.29) is 5.82 Å². The van der Waals surface area contributed by atoms with E-state index in [0.717, 1.165) is 29.0 Å². The second-order valence-electron chi connectivity index (χ2n) is 5.06. The fourth-order valence-electron chi connectivity index (χ4n) is 2.11. The third kappa shape index (κ3) is 4.74. The molecule has 22 heavy (non-hydrogen) atoms. The van der Waals surface area contributed by atoms with Gasteiger partial charge in [-0.2, -0.15) is 0 Å². The molecule has 0 amide bonds. The highest BCUT2D eigenvalue weighted by atomic mass is 19.1. The van der Waals surface area contributed by atoms with Crippen molar-refractivity contribution < 1.29 is 13.9 Å². The molecule has 0 atom stereocenters. The average molecular weight is 303 g/mol. The molecule has 0 fully saturated rings. The van der Waals surface area contributed by atoms with Crippen LogP contribution in [0.5, 0.6) is 11.5 Å². The number of rotatable bonds is 8. The van der Waals surface area contributed by atoms with E-state index in [4.69, 9.17) is 9.47 Å². The second-order valence-corrected chi connectivity index (χ2v) is 5.06. The SMILES string of the molecule is CCCOc1ccc(CNCc2ccc(F)cc2)cc1OC. The molecule has 0 heterocycles. The Morgan fingerprint density at radius 3 is 2.32 bits per heavy atom. The van der Waals surface area contributed by atoms with E-state index >= 15 is 0 Å². The molecule has 0 unspecified atom stereocenters. The first-order valence-electron chi connectivity index (χ1n) is 7.47. The number of nitrogens with one attached hydrogen (secondary N) is 1. The average Bonchev–Trinajstić information content (AvgIpc) is 2.55. The number of hydrogen-bond acceptors (Lipinski definition) is 3. The summed E-state index contributed by atoms with van der Waals surface area (Å²) in [5.74, 6) is 1.30. The number of methoxy groups -OCH3 is 1. The Balaban J connectivity index is 1.90. The third-order valence-electron chi connectivity index (χ3n) is 3.26. The normalized spacial score (nSPS) is 10.5. The number of hydrogen-bond donors (Lipinski definition) is 1. The smallest absolute Gasteiger partial charge is 0.161 e. The van der Waals surface area contributed by atoms with Gasteiger partial charge in [-0.3, -0.25) is 0 Å². The summed E-state index contributed by atoms with van der Waals surface area (Å²) in [7, 11) is 1.64. The van der Waals surface area contributed by atoms with Crippen LogP contribution in [0.1, 0.15) is 24.5 Å². The molecule has 0 saturated heterocycles. The minimum atomic E-state index is -0.212. The Hall–Kier alpha value is -2.07. The Morgan fingerprint density at radius 1 is 0.955 bits per heavy atom. The summed E-state index contributed by atoms with van der Waals surface area (Å²) < 4.78 is 23.8. The van der Waals surface area contributed by atoms with Gasteiger partial charge in [-0.15, -0.1) is 0 Å². The highest BCUT2D eigenvalue weighted by Crippen LogP contribution is 2.28. The Labute approximate surface area is 131 Å². The standard InChI is InChI=1S/C18H22FNO2/c1-3-10-22-17-9-6-15(11-18(17)21-2)13-20-12-14-4-7-16(19)8-5-14/h4-9,11,20H,3,10,12-13H2,1-2H3. The summed E-state index contributed by atoms with van der Waals surface area (Å²) in [6, 6.07) is 12.4. The fraction of sp³-hybridized carbons (Fsp3) is 0.333. The van der Waals surface area contributed by atoms with E-state index in [9.17, 15) is 4.39 Å². The second kappa shape index (κ2) is 8.39. The van der Waals surface area contributed by atoms with Crippen molar-refractivity contribution in [1.82, 2.24) is 5.32 Å². The minimum Gasteiger partial charge on any atom is -0.493 e. The lowest BCUT2D eigenvalue weighted by atomic mass is 10.2. The molecule has 0 aromatic heterocycles. The van der Waals surface area contributed by atoms with Gasteiger partial charge in [0.15, 0.2) is 11.5 Å². The molecule has 0 bridgehead atoms. The summed E-state index contributed by atoms with van der Waals surface area (Å²) in [6.07, 6.45) is 0.962.